The number of para-hydroxylation sites is 1. The molecule has 0 fully saturated rings. The van der Waals surface area contributed by atoms with E-state index in [-0.39, 0.29) is 17.9 Å². The number of carbonyl (C=O) groups is 1. The molecule has 0 saturated heterocycles. The van der Waals surface area contributed by atoms with Crippen molar-refractivity contribution in [1.82, 2.24) is 4.57 Å². The Kier molecular flexibility index (Phi) is 4.20. The van der Waals surface area contributed by atoms with Gasteiger partial charge < -0.3 is 14.6 Å². The quantitative estimate of drug-likeness (QED) is 0.919. The Balaban J connectivity index is 2.09. The third-order valence-electron chi connectivity index (χ3n) is 2.91. The number of carbonyl (C=O) groups excluding carboxylic acids is 1. The number of aryl methyl sites for hydroxylation is 1. The van der Waals surface area contributed by atoms with Crippen molar-refractivity contribution >= 4 is 11.6 Å². The first-order valence-electron chi connectivity index (χ1n) is 6.18. The normalized spacial score (nSPS) is 10.1. The molecule has 2 rings (SSSR count). The number of methoxy groups -OCH3 is 1. The SMILES string of the molecule is COc1ccccc1CC(=O)Nc1ccc(=O)n(C)c1. The molecular formula is C15H16N2O3. The van der Waals surface area contributed by atoms with Crippen molar-refractivity contribution in [3.05, 3.63) is 58.5 Å². The van der Waals surface area contributed by atoms with Crippen LogP contribution in [0.15, 0.2) is 47.4 Å². The summed E-state index contributed by atoms with van der Waals surface area (Å²) in [5.74, 6) is 0.524. The Bertz CT molecular complexity index is 677. The number of aromatic nitrogens is 1. The molecule has 20 heavy (non-hydrogen) atoms. The second-order valence-electron chi connectivity index (χ2n) is 4.40. The first-order valence-corrected chi connectivity index (χ1v) is 6.18. The minimum absolute atomic E-state index is 0.118. The molecule has 1 aromatic carbocycles. The van der Waals surface area contributed by atoms with Crippen LogP contribution in [0, 0.1) is 0 Å². The van der Waals surface area contributed by atoms with Crippen LogP contribution in [-0.4, -0.2) is 17.6 Å². The van der Waals surface area contributed by atoms with Crippen LogP contribution >= 0.6 is 0 Å². The summed E-state index contributed by atoms with van der Waals surface area (Å²) in [7, 11) is 3.21. The maximum atomic E-state index is 12.0. The van der Waals surface area contributed by atoms with Gasteiger partial charge in [-0.2, -0.15) is 0 Å². The molecule has 1 heterocycles. The van der Waals surface area contributed by atoms with Crippen LogP contribution in [0.25, 0.3) is 0 Å². The monoisotopic (exact) mass is 272 g/mol. The Morgan fingerprint density at radius 1 is 1.25 bits per heavy atom. The predicted molar refractivity (Wildman–Crippen MR) is 77.0 cm³/mol. The molecule has 0 aliphatic rings. The number of hydrogen-bond donors (Lipinski definition) is 1. The van der Waals surface area contributed by atoms with E-state index in [1.54, 1.807) is 26.4 Å². The van der Waals surface area contributed by atoms with Crippen LogP contribution in [0.5, 0.6) is 5.75 Å². The van der Waals surface area contributed by atoms with Gasteiger partial charge in [0.1, 0.15) is 5.75 Å². The second kappa shape index (κ2) is 6.06. The molecule has 0 atom stereocenters. The fourth-order valence-electron chi connectivity index (χ4n) is 1.90. The van der Waals surface area contributed by atoms with Gasteiger partial charge >= 0.3 is 0 Å². The fraction of sp³-hybridized carbons (Fsp3) is 0.200. The van der Waals surface area contributed by atoms with Crippen LogP contribution in [0.3, 0.4) is 0 Å². The van der Waals surface area contributed by atoms with Gasteiger partial charge in [-0.1, -0.05) is 18.2 Å². The van der Waals surface area contributed by atoms with Gasteiger partial charge in [0.2, 0.25) is 11.5 Å². The number of anilines is 1. The summed E-state index contributed by atoms with van der Waals surface area (Å²) in [5, 5.41) is 2.76. The van der Waals surface area contributed by atoms with E-state index >= 15 is 0 Å². The summed E-state index contributed by atoms with van der Waals surface area (Å²) in [4.78, 5) is 23.3. The molecular weight excluding hydrogens is 256 g/mol. The van der Waals surface area contributed by atoms with Gasteiger partial charge in [0.15, 0.2) is 0 Å². The van der Waals surface area contributed by atoms with Gasteiger partial charge in [0.05, 0.1) is 19.2 Å². The minimum atomic E-state index is -0.159. The van der Waals surface area contributed by atoms with Crippen molar-refractivity contribution in [1.29, 1.82) is 0 Å². The highest BCUT2D eigenvalue weighted by Crippen LogP contribution is 2.18. The molecule has 1 aromatic heterocycles. The fourth-order valence-corrected chi connectivity index (χ4v) is 1.90. The van der Waals surface area contributed by atoms with Crippen molar-refractivity contribution in [2.24, 2.45) is 7.05 Å². The first kappa shape index (κ1) is 13.9. The zero-order chi connectivity index (χ0) is 14.5. The Morgan fingerprint density at radius 3 is 2.70 bits per heavy atom. The van der Waals surface area contributed by atoms with E-state index in [0.717, 1.165) is 5.56 Å². The predicted octanol–water partition coefficient (Wildman–Crippen LogP) is 1.58. The number of benzene rings is 1. The summed E-state index contributed by atoms with van der Waals surface area (Å²) in [6.45, 7) is 0. The minimum Gasteiger partial charge on any atom is -0.496 e. The molecule has 0 aliphatic carbocycles. The van der Waals surface area contributed by atoms with Crippen molar-refractivity contribution in [3.8, 4) is 5.75 Å². The summed E-state index contributed by atoms with van der Waals surface area (Å²) in [5.41, 5.74) is 1.29. The van der Waals surface area contributed by atoms with E-state index in [9.17, 15) is 9.59 Å². The van der Waals surface area contributed by atoms with Crippen molar-refractivity contribution < 1.29 is 9.53 Å². The van der Waals surface area contributed by atoms with E-state index in [2.05, 4.69) is 5.32 Å². The lowest BCUT2D eigenvalue weighted by Gasteiger charge is -2.09. The summed E-state index contributed by atoms with van der Waals surface area (Å²) in [6, 6.07) is 10.4. The highest BCUT2D eigenvalue weighted by atomic mass is 16.5. The van der Waals surface area contributed by atoms with E-state index in [4.69, 9.17) is 4.74 Å². The maximum Gasteiger partial charge on any atom is 0.250 e. The molecule has 0 bridgehead atoms. The Labute approximate surface area is 116 Å². The van der Waals surface area contributed by atoms with Crippen LogP contribution in [0.2, 0.25) is 0 Å². The number of nitrogens with zero attached hydrogens (tertiary/aromatic N) is 1. The highest BCUT2D eigenvalue weighted by molar-refractivity contribution is 5.92. The largest absolute Gasteiger partial charge is 0.496 e. The first-order chi connectivity index (χ1) is 9.60. The van der Waals surface area contributed by atoms with Gasteiger partial charge in [-0.25, -0.2) is 0 Å². The average molecular weight is 272 g/mol. The molecule has 5 nitrogen and oxygen atoms in total. The number of ether oxygens (including phenoxy) is 1. The topological polar surface area (TPSA) is 60.3 Å². The molecule has 0 aliphatic heterocycles. The molecule has 1 N–H and O–H groups in total. The average Bonchev–Trinajstić information content (AvgIpc) is 2.43. The standard InChI is InChI=1S/C15H16N2O3/c1-17-10-12(7-8-15(17)19)16-14(18)9-11-5-3-4-6-13(11)20-2/h3-8,10H,9H2,1-2H3,(H,16,18). The summed E-state index contributed by atoms with van der Waals surface area (Å²) >= 11 is 0. The molecule has 0 spiro atoms. The van der Waals surface area contributed by atoms with E-state index in [1.807, 2.05) is 24.3 Å². The summed E-state index contributed by atoms with van der Waals surface area (Å²) in [6.07, 6.45) is 1.80. The van der Waals surface area contributed by atoms with Gasteiger partial charge in [0, 0.05) is 24.9 Å². The zero-order valence-corrected chi connectivity index (χ0v) is 11.4. The summed E-state index contributed by atoms with van der Waals surface area (Å²) < 4.78 is 6.62. The Hall–Kier alpha value is -2.56. The van der Waals surface area contributed by atoms with E-state index in [1.165, 1.54) is 10.6 Å². The smallest absolute Gasteiger partial charge is 0.250 e. The highest BCUT2D eigenvalue weighted by Gasteiger charge is 2.08. The van der Waals surface area contributed by atoms with Gasteiger partial charge in [-0.15, -0.1) is 0 Å². The molecule has 0 unspecified atom stereocenters. The zero-order valence-electron chi connectivity index (χ0n) is 11.4. The lowest BCUT2D eigenvalue weighted by Crippen LogP contribution is -2.19. The van der Waals surface area contributed by atoms with Crippen LogP contribution in [0.1, 0.15) is 5.56 Å². The molecule has 1 amide bonds. The van der Waals surface area contributed by atoms with Crippen LogP contribution in [0.4, 0.5) is 5.69 Å². The van der Waals surface area contributed by atoms with Gasteiger partial charge in [0.25, 0.3) is 0 Å². The molecule has 0 saturated carbocycles. The van der Waals surface area contributed by atoms with E-state index in [0.29, 0.717) is 11.4 Å². The van der Waals surface area contributed by atoms with Crippen molar-refractivity contribution in [3.63, 3.8) is 0 Å². The number of amides is 1. The van der Waals surface area contributed by atoms with Crippen LogP contribution < -0.4 is 15.6 Å². The number of rotatable bonds is 4. The van der Waals surface area contributed by atoms with Crippen molar-refractivity contribution in [2.45, 2.75) is 6.42 Å². The molecule has 0 radical (unpaired) electrons. The Morgan fingerprint density at radius 2 is 2.00 bits per heavy atom. The third-order valence-corrected chi connectivity index (χ3v) is 2.91. The molecule has 104 valence electrons. The lowest BCUT2D eigenvalue weighted by atomic mass is 10.1. The van der Waals surface area contributed by atoms with Gasteiger partial charge in [-0.3, -0.25) is 9.59 Å². The number of pyridine rings is 1. The second-order valence-corrected chi connectivity index (χ2v) is 4.40. The lowest BCUT2D eigenvalue weighted by molar-refractivity contribution is -0.115. The van der Waals surface area contributed by atoms with Gasteiger partial charge in [-0.05, 0) is 12.1 Å². The number of nitrogens with one attached hydrogen (secondary N) is 1. The van der Waals surface area contributed by atoms with Crippen LogP contribution in [-0.2, 0) is 18.3 Å². The number of hydrogen-bond acceptors (Lipinski definition) is 3. The van der Waals surface area contributed by atoms with Crippen molar-refractivity contribution in [2.75, 3.05) is 12.4 Å². The maximum absolute atomic E-state index is 12.0. The third kappa shape index (κ3) is 3.26. The molecule has 5 heteroatoms. The molecule has 2 aromatic rings. The van der Waals surface area contributed by atoms with E-state index < -0.39 is 0 Å².